The lowest BCUT2D eigenvalue weighted by Gasteiger charge is -2.26. The van der Waals surface area contributed by atoms with E-state index in [1.807, 2.05) is 0 Å². The lowest BCUT2D eigenvalue weighted by molar-refractivity contribution is -0.0655. The van der Waals surface area contributed by atoms with Crippen molar-refractivity contribution >= 4 is 68.5 Å². The maximum absolute atomic E-state index is 15.2. The molecule has 24 atom stereocenters. The molecule has 14 rings (SSSR count). The SMILES string of the molecule is Cc1cn([C@H]2C[C@@H]3OP(=O)(O)OC[C@H]4O[C@@H](n5cc(C)c(=O)[nH]c5=O)C[C@@H]4OP(=O)(O)OC[C@H]4O[C@@H](n5cc(C)c(=O)[nH]c5=O)C[C@@H]4OP(=O)(O)OC[C@H]4O[C@@H](n5cc(C)c(=O)[nH]c5=O)C[C@@H]4OP(=O)(OCCSSCCO)OCCCc4cn(nn4)C[C@H]4O[C@@H](n5cc(C)c(=O)[nH]c5=O)C[C@@H]4OP(=O)(O)OC[C@H]4O[C@@H](n5cc(C)c(=O)[nH]c5=O)C[C@@H]4OP(=O)(O)OC[C@H]3O2)c(=O)[nH]c1=O. The van der Waals surface area contributed by atoms with Gasteiger partial charge < -0.3 is 58.0 Å². The fraction of sp³-hybridized carbons (Fsp3) is 0.623. The van der Waals surface area contributed by atoms with E-state index in [0.29, 0.717) is 0 Å². The number of aromatic nitrogens is 15. The average Bonchev–Trinajstić information content (AvgIpc) is 1.66. The molecule has 0 amide bonds. The summed E-state index contributed by atoms with van der Waals surface area (Å²) in [7, 11) is -31.0. The second-order valence-electron chi connectivity index (χ2n) is 31.8. The van der Waals surface area contributed by atoms with E-state index in [1.165, 1.54) is 74.0 Å². The van der Waals surface area contributed by atoms with Crippen molar-refractivity contribution in [3.8, 4) is 0 Å². The van der Waals surface area contributed by atoms with Crippen LogP contribution in [0.2, 0.25) is 0 Å². The molecule has 14 heterocycles. The quantitative estimate of drug-likeness (QED) is 0.0394. The Morgan fingerprint density at radius 3 is 0.881 bits per heavy atom. The van der Waals surface area contributed by atoms with Crippen LogP contribution in [0, 0.1) is 41.5 Å². The van der Waals surface area contributed by atoms with Crippen LogP contribution in [0.25, 0.3) is 0 Å². The minimum Gasteiger partial charge on any atom is -0.395 e. The van der Waals surface area contributed by atoms with E-state index in [2.05, 4.69) is 40.2 Å². The van der Waals surface area contributed by atoms with Gasteiger partial charge in [-0.3, -0.25) is 145 Å². The molecule has 12 N–H and O–H groups in total. The van der Waals surface area contributed by atoms with Crippen LogP contribution < -0.4 is 67.5 Å². The number of aryl methyl sites for hydroxylation is 7. The molecular formula is C69H93N15O43P6S2. The van der Waals surface area contributed by atoms with Crippen molar-refractivity contribution < 1.29 is 144 Å². The molecule has 66 heteroatoms. The van der Waals surface area contributed by atoms with Crippen molar-refractivity contribution in [2.24, 2.45) is 0 Å². The lowest BCUT2D eigenvalue weighted by atomic mass is 10.2. The first-order valence-corrected chi connectivity index (χ1v) is 52.5. The third-order valence-electron chi connectivity index (χ3n) is 21.9. The molecule has 7 aliphatic rings. The van der Waals surface area contributed by atoms with Gasteiger partial charge in [0.1, 0.15) is 111 Å². The number of ether oxygens (including phenoxy) is 6. The third kappa shape index (κ3) is 25.9. The lowest BCUT2D eigenvalue weighted by Crippen LogP contribution is -2.33. The first-order chi connectivity index (χ1) is 63.6. The van der Waals surface area contributed by atoms with Crippen LogP contribution >= 0.6 is 68.5 Å². The molecule has 6 saturated heterocycles. The Balaban J connectivity index is 0.788. The average molecular weight is 2070 g/mol. The first-order valence-electron chi connectivity index (χ1n) is 41.1. The van der Waals surface area contributed by atoms with Crippen LogP contribution in [0.3, 0.4) is 0 Å². The van der Waals surface area contributed by atoms with Gasteiger partial charge in [-0.05, 0) is 54.4 Å². The molecule has 0 aliphatic carbocycles. The Bertz CT molecular complexity index is 6630. The van der Waals surface area contributed by atoms with Crippen molar-refractivity contribution in [1.29, 1.82) is 0 Å². The van der Waals surface area contributed by atoms with Gasteiger partial charge in [0.2, 0.25) is 0 Å². The van der Waals surface area contributed by atoms with Gasteiger partial charge in [-0.15, -0.1) is 5.10 Å². The predicted molar refractivity (Wildman–Crippen MR) is 456 cm³/mol. The minimum atomic E-state index is -5.76. The van der Waals surface area contributed by atoms with Crippen LogP contribution in [0.5, 0.6) is 0 Å². The number of phosphoric acid groups is 6. The van der Waals surface area contributed by atoms with Gasteiger partial charge in [-0.1, -0.05) is 26.8 Å². The van der Waals surface area contributed by atoms with Crippen molar-refractivity contribution in [3.05, 3.63) is 207 Å². The molecule has 135 heavy (non-hydrogen) atoms. The second kappa shape index (κ2) is 42.8. The summed E-state index contributed by atoms with van der Waals surface area (Å²) in [6, 6.07) is 0. The Labute approximate surface area is 763 Å². The minimum absolute atomic E-state index is 0.00634. The molecule has 2 bridgehead atoms. The molecule has 6 unspecified atom stereocenters. The van der Waals surface area contributed by atoms with Crippen molar-refractivity contribution in [3.63, 3.8) is 0 Å². The maximum atomic E-state index is 15.2. The summed E-state index contributed by atoms with van der Waals surface area (Å²) in [6.07, 6.45) is -26.4. The molecule has 0 aromatic carbocycles. The standard InChI is InChI=1S/C69H93N15O43P6S2/c1-33-20-79(64(92)70-58(33)86)52-14-40-46(116-52)27-78-26-39(76-77-78)8-7-10-109-133(108,110-11-13-135-134-12-9-85)127-45-19-57(84-25-38(6)63(91)75-69(84)97)121-51(45)32-115-132(106,107)126-44-18-56(83-24-37(5)62(90)74-68(83)96)120-50(44)31-114-131(104,105)125-43-17-55(82-23-36(4)61(89)73-67(82)95)119-49(43)30-113-130(102,103)124-42-16-54(81-22-35(3)60(88)72-66(81)94)118-48(42)29-112-129(100,101)123-41-15-53(80-21-34(2)59(87)71-65(80)93)117-47(41)28-111-128(98,99)122-40/h20-26,40-57,85H,7-19,27-32H2,1-6H3,(H,98,99)(H,100,101)(H,102,103)(H,104,105)(H,106,107)(H,70,86,92)(H,71,87,93)(H,72,88,94)(H,73,89,95)(H,74,90,96)(H,75,91,97)/t40-,41-,42-,43-,44-,45-,46+,47+,48+,49+,50+,51+,52+,53+,54+,55+,56+,57+,133?/m0/s1. The Kier molecular flexibility index (Phi) is 32.7. The van der Waals surface area contributed by atoms with E-state index >= 15 is 4.57 Å². The molecule has 58 nitrogen and oxygen atoms in total. The monoisotopic (exact) mass is 2070 g/mol. The third-order valence-corrected chi connectivity index (χ3v) is 30.8. The predicted octanol–water partition coefficient (Wildman–Crippen LogP) is -0.488. The Hall–Kier alpha value is -7.70. The summed E-state index contributed by atoms with van der Waals surface area (Å²) in [5, 5.41) is 17.8. The molecule has 6 fully saturated rings. The summed E-state index contributed by atoms with van der Waals surface area (Å²) < 4.78 is 205. The molecule has 744 valence electrons. The largest absolute Gasteiger partial charge is 0.475 e. The number of phosphoric ester groups is 6. The molecule has 7 aromatic heterocycles. The smallest absolute Gasteiger partial charge is 0.395 e. The molecule has 0 radical (unpaired) electrons. The highest BCUT2D eigenvalue weighted by Gasteiger charge is 2.53. The number of aliphatic hydroxyl groups is 1. The van der Waals surface area contributed by atoms with Gasteiger partial charge in [0.25, 0.3) is 33.4 Å². The topological polar surface area (TPSA) is 759 Å². The number of fused-ring (bicyclic) bond motifs is 8. The Morgan fingerprint density at radius 2 is 0.607 bits per heavy atom. The van der Waals surface area contributed by atoms with Crippen molar-refractivity contribution in [2.45, 2.75) is 210 Å². The molecule has 7 aliphatic heterocycles. The van der Waals surface area contributed by atoms with E-state index in [9.17, 15) is 110 Å². The number of nitrogens with one attached hydrogen (secondary N) is 6. The van der Waals surface area contributed by atoms with Crippen LogP contribution in [0.4, 0.5) is 0 Å². The van der Waals surface area contributed by atoms with Gasteiger partial charge in [-0.2, -0.15) is 0 Å². The number of nitrogens with zero attached hydrogens (tertiary/aromatic N) is 9. The van der Waals surface area contributed by atoms with Crippen molar-refractivity contribution in [2.75, 3.05) is 64.4 Å². The number of H-pyrrole nitrogens is 6. The van der Waals surface area contributed by atoms with Gasteiger partial charge in [0.05, 0.1) is 65.1 Å². The Morgan fingerprint density at radius 1 is 0.356 bits per heavy atom. The van der Waals surface area contributed by atoms with E-state index in [4.69, 9.17) is 87.2 Å². The fourth-order valence-corrected chi connectivity index (χ4v) is 23.1. The normalized spacial score (nSPS) is 34.3. The summed E-state index contributed by atoms with van der Waals surface area (Å²) in [5.74, 6) is 0.372. The van der Waals surface area contributed by atoms with Gasteiger partial charge in [0.15, 0.2) is 0 Å². The van der Waals surface area contributed by atoms with Crippen LogP contribution in [0.15, 0.2) is 101 Å². The zero-order valence-electron chi connectivity index (χ0n) is 71.7. The highest BCUT2D eigenvalue weighted by atomic mass is 33.1. The molecular weight excluding hydrogens is 1980 g/mol. The highest BCUT2D eigenvalue weighted by Crippen LogP contribution is 2.58. The summed E-state index contributed by atoms with van der Waals surface area (Å²) >= 11 is 0. The maximum Gasteiger partial charge on any atom is 0.475 e. The number of aromatic amines is 6. The van der Waals surface area contributed by atoms with Gasteiger partial charge >= 0.3 is 81.1 Å². The van der Waals surface area contributed by atoms with E-state index in [0.717, 1.165) is 64.6 Å². The second-order valence-corrected chi connectivity index (χ2v) is 43.1. The van der Waals surface area contributed by atoms with Gasteiger partial charge in [-0.25, -0.2) is 60.8 Å². The fourth-order valence-electron chi connectivity index (χ4n) is 15.2. The highest BCUT2D eigenvalue weighted by molar-refractivity contribution is 8.76. The number of hydrogen-bond donors (Lipinski definition) is 12. The number of aliphatic hydroxyl groups excluding tert-OH is 1. The zero-order chi connectivity index (χ0) is 97.3. The van der Waals surface area contributed by atoms with Crippen LogP contribution in [-0.2, 0) is 128 Å². The number of rotatable bonds is 13. The molecule has 0 saturated carbocycles. The number of hydrogen-bond acceptors (Lipinski definition) is 42. The molecule has 7 aromatic rings. The van der Waals surface area contributed by atoms with Crippen LogP contribution in [0.1, 0.15) is 121 Å². The van der Waals surface area contributed by atoms with E-state index < -0.39 is 310 Å². The summed E-state index contributed by atoms with van der Waals surface area (Å²) in [5.41, 5.74) is -11.4. The summed E-state index contributed by atoms with van der Waals surface area (Å²) in [6.45, 7) is 0.609. The van der Waals surface area contributed by atoms with Crippen LogP contribution in [-0.4, -0.2) is 239 Å². The van der Waals surface area contributed by atoms with Crippen molar-refractivity contribution in [1.82, 2.24) is 72.3 Å². The van der Waals surface area contributed by atoms with E-state index in [1.54, 1.807) is 0 Å². The molecule has 0 spiro atoms. The summed E-state index contributed by atoms with van der Waals surface area (Å²) in [4.78, 5) is 227. The van der Waals surface area contributed by atoms with E-state index in [-0.39, 0.29) is 76.6 Å². The zero-order valence-corrected chi connectivity index (χ0v) is 78.7. The van der Waals surface area contributed by atoms with Gasteiger partial charge in [0, 0.05) is 127 Å². The first kappa shape index (κ1) is 103.